The number of carbonyl (C=O) groups excluding carboxylic acids is 1. The maximum atomic E-state index is 12.7. The number of methoxy groups -OCH3 is 2. The highest BCUT2D eigenvalue weighted by atomic mass is 16.5. The highest BCUT2D eigenvalue weighted by Gasteiger charge is 2.16. The third-order valence-electron chi connectivity index (χ3n) is 5.29. The van der Waals surface area contributed by atoms with Crippen molar-refractivity contribution in [2.24, 2.45) is 0 Å². The molecule has 0 unspecified atom stereocenters. The van der Waals surface area contributed by atoms with Gasteiger partial charge in [0.1, 0.15) is 0 Å². The van der Waals surface area contributed by atoms with Gasteiger partial charge >= 0.3 is 0 Å². The molecule has 1 N–H and O–H groups in total. The van der Waals surface area contributed by atoms with Crippen LogP contribution in [0.5, 0.6) is 11.5 Å². The molecule has 154 valence electrons. The van der Waals surface area contributed by atoms with Crippen LogP contribution in [0.15, 0.2) is 42.5 Å². The first-order valence-electron chi connectivity index (χ1n) is 9.73. The lowest BCUT2D eigenvalue weighted by Gasteiger charge is -2.12. The van der Waals surface area contributed by atoms with Gasteiger partial charge in [0.05, 0.1) is 26.2 Å². The summed E-state index contributed by atoms with van der Waals surface area (Å²) in [6.45, 7) is 4.31. The summed E-state index contributed by atoms with van der Waals surface area (Å²) in [5.41, 5.74) is 5.29. The van der Waals surface area contributed by atoms with E-state index in [9.17, 15) is 4.79 Å². The second kappa shape index (κ2) is 8.02. The fourth-order valence-corrected chi connectivity index (χ4v) is 3.65. The summed E-state index contributed by atoms with van der Waals surface area (Å²) in [6, 6.07) is 13.5. The van der Waals surface area contributed by atoms with Crippen LogP contribution in [-0.4, -0.2) is 34.7 Å². The lowest BCUT2D eigenvalue weighted by molar-refractivity contribution is -0.120. The number of aromatic nitrogens is 3. The van der Waals surface area contributed by atoms with Crippen LogP contribution >= 0.6 is 0 Å². The molecule has 30 heavy (non-hydrogen) atoms. The second-order valence-corrected chi connectivity index (χ2v) is 7.16. The van der Waals surface area contributed by atoms with E-state index in [2.05, 4.69) is 10.4 Å². The molecule has 0 radical (unpaired) electrons. The topological polar surface area (TPSA) is 77.8 Å². The third kappa shape index (κ3) is 3.54. The number of amides is 1. The standard InChI is InChI=1S/C23H24N4O3/c1-14-18(15(2)27-23(25-14)17-7-5-6-8-19(17)26-27)12-22(28)24-13-16-9-10-20(29-3)21(11-16)30-4/h5-11H,12-13H2,1-4H3,(H,24,28). The van der Waals surface area contributed by atoms with Gasteiger partial charge in [0.25, 0.3) is 0 Å². The van der Waals surface area contributed by atoms with E-state index in [1.165, 1.54) is 0 Å². The van der Waals surface area contributed by atoms with E-state index in [-0.39, 0.29) is 12.3 Å². The number of hydrogen-bond donors (Lipinski definition) is 1. The lowest BCUT2D eigenvalue weighted by atomic mass is 10.1. The minimum Gasteiger partial charge on any atom is -0.493 e. The number of carbonyl (C=O) groups is 1. The summed E-state index contributed by atoms with van der Waals surface area (Å²) in [4.78, 5) is 17.4. The molecule has 2 aromatic carbocycles. The van der Waals surface area contributed by atoms with E-state index in [1.54, 1.807) is 14.2 Å². The number of fused-ring (bicyclic) bond motifs is 3. The summed E-state index contributed by atoms with van der Waals surface area (Å²) in [7, 11) is 3.19. The molecule has 7 heteroatoms. The smallest absolute Gasteiger partial charge is 0.224 e. The molecule has 2 aromatic heterocycles. The number of ether oxygens (including phenoxy) is 2. The fraction of sp³-hybridized carbons (Fsp3) is 0.261. The molecule has 0 atom stereocenters. The van der Waals surface area contributed by atoms with Crippen molar-refractivity contribution in [2.45, 2.75) is 26.8 Å². The minimum absolute atomic E-state index is 0.0751. The number of hydrogen-bond acceptors (Lipinski definition) is 5. The molecule has 2 heterocycles. The zero-order chi connectivity index (χ0) is 21.3. The van der Waals surface area contributed by atoms with Crippen molar-refractivity contribution in [3.05, 3.63) is 65.0 Å². The van der Waals surface area contributed by atoms with Gasteiger partial charge in [-0.05, 0) is 43.7 Å². The molecule has 4 aromatic rings. The van der Waals surface area contributed by atoms with E-state index in [0.29, 0.717) is 18.0 Å². The van der Waals surface area contributed by atoms with Gasteiger partial charge < -0.3 is 14.8 Å². The van der Waals surface area contributed by atoms with Crippen LogP contribution in [0.1, 0.15) is 22.5 Å². The van der Waals surface area contributed by atoms with Crippen molar-refractivity contribution < 1.29 is 14.3 Å². The molecular formula is C23H24N4O3. The Balaban J connectivity index is 1.54. The number of aryl methyl sites for hydroxylation is 2. The first-order valence-corrected chi connectivity index (χ1v) is 9.73. The van der Waals surface area contributed by atoms with E-state index >= 15 is 0 Å². The average molecular weight is 404 g/mol. The Hall–Kier alpha value is -3.61. The van der Waals surface area contributed by atoms with Gasteiger partial charge in [-0.1, -0.05) is 18.2 Å². The monoisotopic (exact) mass is 404 g/mol. The lowest BCUT2D eigenvalue weighted by Crippen LogP contribution is -2.25. The summed E-state index contributed by atoms with van der Waals surface area (Å²) in [5, 5.41) is 8.63. The Morgan fingerprint density at radius 2 is 1.83 bits per heavy atom. The number of benzene rings is 2. The van der Waals surface area contributed by atoms with Crippen molar-refractivity contribution in [3.63, 3.8) is 0 Å². The Morgan fingerprint density at radius 1 is 1.07 bits per heavy atom. The largest absolute Gasteiger partial charge is 0.493 e. The predicted octanol–water partition coefficient (Wildman–Crippen LogP) is 3.38. The fourth-order valence-electron chi connectivity index (χ4n) is 3.65. The Labute approximate surface area is 174 Å². The molecule has 0 spiro atoms. The SMILES string of the molecule is COc1ccc(CNC(=O)Cc2c(C)nc3c4ccccc4nn3c2C)cc1OC. The molecule has 0 saturated carbocycles. The van der Waals surface area contributed by atoms with Crippen LogP contribution in [0.2, 0.25) is 0 Å². The van der Waals surface area contributed by atoms with Crippen LogP contribution in [-0.2, 0) is 17.8 Å². The van der Waals surface area contributed by atoms with Crippen LogP contribution in [0, 0.1) is 13.8 Å². The van der Waals surface area contributed by atoms with Crippen LogP contribution in [0.4, 0.5) is 0 Å². The van der Waals surface area contributed by atoms with Crippen molar-refractivity contribution in [1.82, 2.24) is 19.9 Å². The predicted molar refractivity (Wildman–Crippen MR) is 115 cm³/mol. The Bertz CT molecular complexity index is 1250. The van der Waals surface area contributed by atoms with Gasteiger partial charge in [-0.25, -0.2) is 9.50 Å². The summed E-state index contributed by atoms with van der Waals surface area (Å²) >= 11 is 0. The highest BCUT2D eigenvalue weighted by Crippen LogP contribution is 2.27. The number of nitrogens with one attached hydrogen (secondary N) is 1. The highest BCUT2D eigenvalue weighted by molar-refractivity contribution is 5.92. The van der Waals surface area contributed by atoms with Crippen molar-refractivity contribution in [2.75, 3.05) is 14.2 Å². The second-order valence-electron chi connectivity index (χ2n) is 7.16. The third-order valence-corrected chi connectivity index (χ3v) is 5.29. The minimum atomic E-state index is -0.0751. The average Bonchev–Trinajstić information content (AvgIpc) is 3.13. The molecule has 0 saturated heterocycles. The molecule has 4 rings (SSSR count). The first-order chi connectivity index (χ1) is 14.5. The van der Waals surface area contributed by atoms with E-state index in [0.717, 1.165) is 39.1 Å². The molecule has 7 nitrogen and oxygen atoms in total. The van der Waals surface area contributed by atoms with Gasteiger partial charge in [0, 0.05) is 28.9 Å². The summed E-state index contributed by atoms with van der Waals surface area (Å²) < 4.78 is 12.4. The molecule has 0 fully saturated rings. The quantitative estimate of drug-likeness (QED) is 0.533. The summed E-state index contributed by atoms with van der Waals surface area (Å²) in [6.07, 6.45) is 0.240. The zero-order valence-electron chi connectivity index (χ0n) is 17.5. The van der Waals surface area contributed by atoms with E-state index in [1.807, 2.05) is 60.8 Å². The first kappa shape index (κ1) is 19.7. The van der Waals surface area contributed by atoms with E-state index in [4.69, 9.17) is 14.5 Å². The van der Waals surface area contributed by atoms with Gasteiger partial charge in [0.2, 0.25) is 5.91 Å². The van der Waals surface area contributed by atoms with Crippen LogP contribution < -0.4 is 14.8 Å². The Kier molecular flexibility index (Phi) is 5.27. The van der Waals surface area contributed by atoms with E-state index < -0.39 is 0 Å². The van der Waals surface area contributed by atoms with Gasteiger partial charge in [0.15, 0.2) is 17.1 Å². The van der Waals surface area contributed by atoms with Crippen molar-refractivity contribution in [3.8, 4) is 11.5 Å². The molecular weight excluding hydrogens is 380 g/mol. The maximum absolute atomic E-state index is 12.7. The zero-order valence-corrected chi connectivity index (χ0v) is 17.5. The van der Waals surface area contributed by atoms with Crippen LogP contribution in [0.3, 0.4) is 0 Å². The molecule has 0 bridgehead atoms. The van der Waals surface area contributed by atoms with Crippen LogP contribution in [0.25, 0.3) is 16.6 Å². The Morgan fingerprint density at radius 3 is 2.60 bits per heavy atom. The molecule has 0 aliphatic heterocycles. The number of rotatable bonds is 6. The number of nitrogens with zero attached hydrogens (tertiary/aromatic N) is 3. The molecule has 1 amide bonds. The summed E-state index contributed by atoms with van der Waals surface area (Å²) in [5.74, 6) is 1.22. The molecule has 0 aliphatic carbocycles. The van der Waals surface area contributed by atoms with Gasteiger partial charge in [-0.3, -0.25) is 4.79 Å². The van der Waals surface area contributed by atoms with Gasteiger partial charge in [-0.15, -0.1) is 0 Å². The normalized spacial score (nSPS) is 11.1. The van der Waals surface area contributed by atoms with Gasteiger partial charge in [-0.2, -0.15) is 5.10 Å². The maximum Gasteiger partial charge on any atom is 0.224 e. The van der Waals surface area contributed by atoms with Crippen molar-refractivity contribution >= 4 is 22.5 Å². The molecule has 0 aliphatic rings. The van der Waals surface area contributed by atoms with Crippen molar-refractivity contribution in [1.29, 1.82) is 0 Å².